The Morgan fingerprint density at radius 3 is 2.73 bits per heavy atom. The zero-order valence-electron chi connectivity index (χ0n) is 14.2. The van der Waals surface area contributed by atoms with Crippen molar-refractivity contribution >= 4 is 17.2 Å². The number of carbonyl (C=O) groups excluding carboxylic acids is 1. The van der Waals surface area contributed by atoms with E-state index in [0.717, 1.165) is 5.01 Å². The molecule has 0 spiro atoms. The number of rotatable bonds is 3. The second-order valence-corrected chi connectivity index (χ2v) is 6.77. The topological polar surface area (TPSA) is 73.1 Å². The molecule has 134 valence electrons. The summed E-state index contributed by atoms with van der Waals surface area (Å²) in [5.41, 5.74) is 0.455. The van der Waals surface area contributed by atoms with Gasteiger partial charge in [-0.1, -0.05) is 0 Å². The van der Waals surface area contributed by atoms with E-state index in [2.05, 4.69) is 15.2 Å². The highest BCUT2D eigenvalue weighted by atomic mass is 32.1. The van der Waals surface area contributed by atoms with Crippen molar-refractivity contribution < 1.29 is 13.9 Å². The summed E-state index contributed by atoms with van der Waals surface area (Å²) in [7, 11) is 1.57. The molecule has 0 saturated heterocycles. The molecule has 3 heterocycles. The maximum absolute atomic E-state index is 13.1. The number of hydrogen-bond donors (Lipinski definition) is 0. The third-order valence-electron chi connectivity index (χ3n) is 4.42. The van der Waals surface area contributed by atoms with Crippen molar-refractivity contribution in [1.82, 2.24) is 24.6 Å². The van der Waals surface area contributed by atoms with Gasteiger partial charge >= 0.3 is 0 Å². The number of aromatic nitrogens is 4. The van der Waals surface area contributed by atoms with Crippen molar-refractivity contribution in [2.45, 2.75) is 19.5 Å². The number of nitrogens with zero attached hydrogens (tertiary/aromatic N) is 5. The Hall–Kier alpha value is -2.81. The van der Waals surface area contributed by atoms with Gasteiger partial charge in [-0.2, -0.15) is 4.98 Å². The minimum atomic E-state index is -0.364. The number of hydrogen-bond acceptors (Lipinski definition) is 6. The molecule has 1 aromatic carbocycles. The fraction of sp³-hybridized carbons (Fsp3) is 0.294. The molecule has 1 atom stereocenters. The molecule has 2 aromatic heterocycles. The van der Waals surface area contributed by atoms with E-state index < -0.39 is 0 Å². The van der Waals surface area contributed by atoms with E-state index >= 15 is 0 Å². The number of thiazole rings is 1. The van der Waals surface area contributed by atoms with E-state index in [1.54, 1.807) is 12.0 Å². The monoisotopic (exact) mass is 373 g/mol. The SMILES string of the molecule is COc1csc(-c2nnc3n2CCN(C(=O)c2ccc(F)cc2)[C@@H]3C)n1. The predicted octanol–water partition coefficient (Wildman–Crippen LogP) is 2.77. The molecule has 0 unspecified atom stereocenters. The van der Waals surface area contributed by atoms with E-state index in [-0.39, 0.29) is 17.8 Å². The molecule has 0 radical (unpaired) electrons. The summed E-state index contributed by atoms with van der Waals surface area (Å²) in [6.07, 6.45) is 0. The Labute approximate surface area is 153 Å². The van der Waals surface area contributed by atoms with E-state index in [1.165, 1.54) is 35.6 Å². The molecule has 9 heteroatoms. The van der Waals surface area contributed by atoms with Gasteiger partial charge in [0.05, 0.1) is 18.5 Å². The summed E-state index contributed by atoms with van der Waals surface area (Å²) in [5.74, 6) is 1.41. The summed E-state index contributed by atoms with van der Waals surface area (Å²) < 4.78 is 20.2. The Bertz CT molecular complexity index is 952. The number of methoxy groups -OCH3 is 1. The van der Waals surface area contributed by atoms with Gasteiger partial charge in [-0.25, -0.2) is 4.39 Å². The molecule has 1 aliphatic rings. The van der Waals surface area contributed by atoms with Crippen LogP contribution in [0.3, 0.4) is 0 Å². The summed E-state index contributed by atoms with van der Waals surface area (Å²) in [6, 6.07) is 5.33. The zero-order chi connectivity index (χ0) is 18.3. The summed E-state index contributed by atoms with van der Waals surface area (Å²) >= 11 is 1.44. The summed E-state index contributed by atoms with van der Waals surface area (Å²) in [6.45, 7) is 2.99. The molecule has 7 nitrogen and oxygen atoms in total. The number of ether oxygens (including phenoxy) is 1. The van der Waals surface area contributed by atoms with E-state index in [1.807, 2.05) is 16.9 Å². The van der Waals surface area contributed by atoms with Gasteiger partial charge in [-0.3, -0.25) is 4.79 Å². The third kappa shape index (κ3) is 2.74. The molecule has 26 heavy (non-hydrogen) atoms. The fourth-order valence-electron chi connectivity index (χ4n) is 3.03. The van der Waals surface area contributed by atoms with Crippen LogP contribution in [0.2, 0.25) is 0 Å². The van der Waals surface area contributed by atoms with Gasteiger partial charge in [0.25, 0.3) is 5.91 Å². The van der Waals surface area contributed by atoms with Crippen LogP contribution < -0.4 is 4.74 Å². The first-order chi connectivity index (χ1) is 12.6. The lowest BCUT2D eigenvalue weighted by atomic mass is 10.1. The Balaban J connectivity index is 1.62. The summed E-state index contributed by atoms with van der Waals surface area (Å²) in [5, 5.41) is 11.1. The Morgan fingerprint density at radius 1 is 1.27 bits per heavy atom. The normalized spacial score (nSPS) is 16.4. The van der Waals surface area contributed by atoms with Gasteiger partial charge in [-0.05, 0) is 31.2 Å². The molecule has 4 rings (SSSR count). The van der Waals surface area contributed by atoms with Gasteiger partial charge in [0, 0.05) is 18.7 Å². The van der Waals surface area contributed by atoms with Crippen LogP contribution in [0.4, 0.5) is 4.39 Å². The lowest BCUT2D eigenvalue weighted by Gasteiger charge is -2.33. The molecule has 1 aliphatic heterocycles. The van der Waals surface area contributed by atoms with Gasteiger partial charge in [0.1, 0.15) is 5.82 Å². The second-order valence-electron chi connectivity index (χ2n) is 5.91. The smallest absolute Gasteiger partial charge is 0.254 e. The van der Waals surface area contributed by atoms with Crippen molar-refractivity contribution in [3.05, 3.63) is 46.9 Å². The molecule has 0 saturated carbocycles. The molecular weight excluding hydrogens is 357 g/mol. The largest absolute Gasteiger partial charge is 0.480 e. The maximum atomic E-state index is 13.1. The first-order valence-electron chi connectivity index (χ1n) is 8.08. The molecule has 0 N–H and O–H groups in total. The molecule has 3 aromatic rings. The lowest BCUT2D eigenvalue weighted by molar-refractivity contribution is 0.0638. The average molecular weight is 373 g/mol. The minimum absolute atomic E-state index is 0.149. The maximum Gasteiger partial charge on any atom is 0.254 e. The van der Waals surface area contributed by atoms with Crippen LogP contribution in [0.5, 0.6) is 5.88 Å². The van der Waals surface area contributed by atoms with Crippen molar-refractivity contribution in [3.63, 3.8) is 0 Å². The highest BCUT2D eigenvalue weighted by molar-refractivity contribution is 7.13. The number of benzene rings is 1. The minimum Gasteiger partial charge on any atom is -0.480 e. The van der Waals surface area contributed by atoms with Crippen LogP contribution in [0.25, 0.3) is 10.8 Å². The van der Waals surface area contributed by atoms with Crippen LogP contribution in [0.1, 0.15) is 29.1 Å². The first-order valence-corrected chi connectivity index (χ1v) is 8.96. The highest BCUT2D eigenvalue weighted by Gasteiger charge is 2.32. The van der Waals surface area contributed by atoms with Gasteiger partial charge < -0.3 is 14.2 Å². The van der Waals surface area contributed by atoms with Crippen molar-refractivity contribution in [2.75, 3.05) is 13.7 Å². The van der Waals surface area contributed by atoms with Crippen molar-refractivity contribution in [3.8, 4) is 16.7 Å². The second kappa shape index (κ2) is 6.49. The Kier molecular flexibility index (Phi) is 4.15. The van der Waals surface area contributed by atoms with Crippen LogP contribution in [-0.4, -0.2) is 44.2 Å². The summed E-state index contributed by atoms with van der Waals surface area (Å²) in [4.78, 5) is 18.9. The van der Waals surface area contributed by atoms with E-state index in [0.29, 0.717) is 36.2 Å². The molecule has 1 amide bonds. The van der Waals surface area contributed by atoms with Gasteiger partial charge in [0.15, 0.2) is 16.7 Å². The Morgan fingerprint density at radius 2 is 2.04 bits per heavy atom. The highest BCUT2D eigenvalue weighted by Crippen LogP contribution is 2.31. The van der Waals surface area contributed by atoms with Crippen LogP contribution >= 0.6 is 11.3 Å². The number of carbonyl (C=O) groups is 1. The number of fused-ring (bicyclic) bond motifs is 1. The van der Waals surface area contributed by atoms with E-state index in [9.17, 15) is 9.18 Å². The standard InChI is InChI=1S/C17H16FN5O2S/c1-10-14-20-21-15(16-19-13(25-2)9-26-16)23(14)8-7-22(10)17(24)11-3-5-12(18)6-4-11/h3-6,9-10H,7-8H2,1-2H3/t10-/m1/s1. The number of amides is 1. The van der Waals surface area contributed by atoms with Crippen LogP contribution in [0, 0.1) is 5.82 Å². The molecule has 0 bridgehead atoms. The lowest BCUT2D eigenvalue weighted by Crippen LogP contribution is -2.41. The first kappa shape index (κ1) is 16.6. The molecule has 0 fully saturated rings. The van der Waals surface area contributed by atoms with Crippen molar-refractivity contribution in [1.29, 1.82) is 0 Å². The van der Waals surface area contributed by atoms with Crippen molar-refractivity contribution in [2.24, 2.45) is 0 Å². The quantitative estimate of drug-likeness (QED) is 0.706. The average Bonchev–Trinajstić information content (AvgIpc) is 3.29. The van der Waals surface area contributed by atoms with Gasteiger partial charge in [0.2, 0.25) is 5.88 Å². The predicted molar refractivity (Wildman–Crippen MR) is 93.5 cm³/mol. The van der Waals surface area contributed by atoms with E-state index in [4.69, 9.17) is 4.74 Å². The number of halogens is 1. The zero-order valence-corrected chi connectivity index (χ0v) is 15.0. The third-order valence-corrected chi connectivity index (χ3v) is 5.24. The van der Waals surface area contributed by atoms with Crippen LogP contribution in [-0.2, 0) is 6.54 Å². The van der Waals surface area contributed by atoms with Crippen LogP contribution in [0.15, 0.2) is 29.6 Å². The fourth-order valence-corrected chi connectivity index (χ4v) is 3.80. The van der Waals surface area contributed by atoms with Gasteiger partial charge in [-0.15, -0.1) is 21.5 Å². The molecular formula is C17H16FN5O2S. The molecule has 0 aliphatic carbocycles.